The summed E-state index contributed by atoms with van der Waals surface area (Å²) in [5.74, 6) is 0. The fraction of sp³-hybridized carbons (Fsp3) is 0.300. The molecule has 4 aliphatic rings. The predicted octanol–water partition coefficient (Wildman–Crippen LogP) is 11.3. The molecule has 0 radical (unpaired) electrons. The van der Waals surface area contributed by atoms with Crippen molar-refractivity contribution < 1.29 is 20.0 Å². The average molecular weight is 699 g/mol. The Morgan fingerprint density at radius 3 is 1.46 bits per heavy atom. The number of hydrogen-bond acceptors (Lipinski definition) is 0. The van der Waals surface area contributed by atoms with E-state index in [0.717, 1.165) is 0 Å². The molecule has 1 saturated carbocycles. The third-order valence-corrected chi connectivity index (χ3v) is 26.5. The first kappa shape index (κ1) is 25.9. The second-order valence-corrected chi connectivity index (χ2v) is 31.3. The van der Waals surface area contributed by atoms with Gasteiger partial charge in [0.05, 0.1) is 0 Å². The van der Waals surface area contributed by atoms with Gasteiger partial charge in [-0.1, -0.05) is 0 Å². The minimum absolute atomic E-state index is 0.251. The van der Waals surface area contributed by atoms with Crippen molar-refractivity contribution in [2.24, 2.45) is 5.41 Å². The van der Waals surface area contributed by atoms with Crippen LogP contribution in [0.1, 0.15) is 71.1 Å². The first-order chi connectivity index (χ1) is 19.7. The van der Waals surface area contributed by atoms with E-state index in [1.165, 1.54) is 74.9 Å². The molecule has 1 heteroatoms. The first-order valence-corrected chi connectivity index (χ1v) is 26.9. The number of allylic oxidation sites excluding steroid dienone is 2. The summed E-state index contributed by atoms with van der Waals surface area (Å²) in [5.41, 5.74) is 21.4. The standard InChI is InChI=1S/C38H34.2CH3.Hf/c1-24-12-14-26(3)34(18-24)32-10-5-8-28-20-30(22-36(28)32)38(16-7-17-38)31-21-29-9-6-11-33(37(29)23-31)35-19-25(2)13-15-27(35)4;;;/h5-6,8-15,18-23H,7,16-17H2,1-4H3;2*1H3;. The Balaban J connectivity index is 1.35. The molecular formula is C40H40Hf. The van der Waals surface area contributed by atoms with Crippen molar-refractivity contribution in [3.05, 3.63) is 128 Å². The molecule has 1 spiro atoms. The first-order valence-electron chi connectivity index (χ1n) is 15.6. The molecule has 2 fully saturated rings. The Morgan fingerprint density at radius 1 is 0.585 bits per heavy atom. The topological polar surface area (TPSA) is 0 Å². The second-order valence-electron chi connectivity index (χ2n) is 14.1. The number of aryl methyl sites for hydroxylation is 4. The maximum atomic E-state index is 2.79. The van der Waals surface area contributed by atoms with Gasteiger partial charge in [0.1, 0.15) is 0 Å². The van der Waals surface area contributed by atoms with Gasteiger partial charge in [0, 0.05) is 0 Å². The van der Waals surface area contributed by atoms with Crippen LogP contribution in [0.2, 0.25) is 9.36 Å². The Labute approximate surface area is 250 Å². The molecule has 2 unspecified atom stereocenters. The molecule has 2 atom stereocenters. The third kappa shape index (κ3) is 3.48. The third-order valence-electron chi connectivity index (χ3n) is 11.3. The van der Waals surface area contributed by atoms with E-state index >= 15 is 0 Å². The molecule has 3 aliphatic carbocycles. The predicted molar refractivity (Wildman–Crippen MR) is 172 cm³/mol. The molecule has 0 aromatic heterocycles. The van der Waals surface area contributed by atoms with E-state index in [1.807, 2.05) is 0 Å². The molecular weight excluding hydrogens is 659 g/mol. The molecule has 1 heterocycles. The summed E-state index contributed by atoms with van der Waals surface area (Å²) in [5, 5.41) is 0. The van der Waals surface area contributed by atoms with E-state index in [0.29, 0.717) is 7.35 Å². The monoisotopic (exact) mass is 700 g/mol. The van der Waals surface area contributed by atoms with Gasteiger partial charge in [-0.05, 0) is 0 Å². The van der Waals surface area contributed by atoms with E-state index in [4.69, 9.17) is 0 Å². The number of rotatable bonds is 2. The maximum absolute atomic E-state index is 3.02. The molecule has 1 saturated heterocycles. The Hall–Kier alpha value is -2.77. The van der Waals surface area contributed by atoms with Crippen LogP contribution in [0.4, 0.5) is 0 Å². The van der Waals surface area contributed by atoms with Gasteiger partial charge in [0.25, 0.3) is 0 Å². The quantitative estimate of drug-likeness (QED) is 0.183. The zero-order chi connectivity index (χ0) is 28.3. The molecule has 0 nitrogen and oxygen atoms in total. The molecule has 4 aromatic rings. The molecule has 41 heavy (non-hydrogen) atoms. The van der Waals surface area contributed by atoms with Crippen molar-refractivity contribution >= 4 is 12.2 Å². The Kier molecular flexibility index (Phi) is 5.60. The van der Waals surface area contributed by atoms with Gasteiger partial charge >= 0.3 is 252 Å². The van der Waals surface area contributed by atoms with Crippen LogP contribution in [0.25, 0.3) is 34.4 Å². The summed E-state index contributed by atoms with van der Waals surface area (Å²) in [4.78, 5) is 0. The van der Waals surface area contributed by atoms with Crippen LogP contribution in [-0.2, 0) is 20.0 Å². The van der Waals surface area contributed by atoms with Crippen LogP contribution >= 0.6 is 0 Å². The molecule has 0 amide bonds. The number of fused-ring (bicyclic) bond motifs is 8. The van der Waals surface area contributed by atoms with Gasteiger partial charge < -0.3 is 0 Å². The van der Waals surface area contributed by atoms with Crippen molar-refractivity contribution in [3.8, 4) is 22.3 Å². The van der Waals surface area contributed by atoms with Gasteiger partial charge in [0.2, 0.25) is 0 Å². The summed E-state index contributed by atoms with van der Waals surface area (Å²) in [6.45, 7) is 9.01. The van der Waals surface area contributed by atoms with Crippen LogP contribution in [-0.4, -0.2) is 0 Å². The van der Waals surface area contributed by atoms with Crippen LogP contribution in [0.3, 0.4) is 0 Å². The van der Waals surface area contributed by atoms with Crippen LogP contribution in [0.15, 0.2) is 83.9 Å². The fourth-order valence-corrected chi connectivity index (χ4v) is 26.3. The summed E-state index contributed by atoms with van der Waals surface area (Å²) in [6, 6.07) is 28.4. The average Bonchev–Trinajstić information content (AvgIpc) is 3.51. The second kappa shape index (κ2) is 8.87. The zero-order valence-corrected chi connectivity index (χ0v) is 29.0. The molecule has 204 valence electrons. The van der Waals surface area contributed by atoms with Gasteiger partial charge in [-0.3, -0.25) is 0 Å². The number of benzene rings is 4. The zero-order valence-electron chi connectivity index (χ0n) is 25.4. The van der Waals surface area contributed by atoms with E-state index < -0.39 is 20.0 Å². The molecule has 0 bridgehead atoms. The minimum atomic E-state index is -3.02. The Morgan fingerprint density at radius 2 is 1.05 bits per heavy atom. The normalized spacial score (nSPS) is 22.3. The van der Waals surface area contributed by atoms with Gasteiger partial charge in [0.15, 0.2) is 0 Å². The van der Waals surface area contributed by atoms with Gasteiger partial charge in [-0.2, -0.15) is 0 Å². The molecule has 0 N–H and O–H groups in total. The van der Waals surface area contributed by atoms with Gasteiger partial charge in [-0.15, -0.1) is 0 Å². The van der Waals surface area contributed by atoms with Gasteiger partial charge in [-0.25, -0.2) is 0 Å². The Bertz CT molecular complexity index is 1710. The van der Waals surface area contributed by atoms with E-state index in [-0.39, 0.29) is 5.41 Å². The van der Waals surface area contributed by atoms with Crippen LogP contribution < -0.4 is 0 Å². The molecule has 4 aromatic carbocycles. The van der Waals surface area contributed by atoms with Crippen molar-refractivity contribution in [1.29, 1.82) is 0 Å². The van der Waals surface area contributed by atoms with Crippen molar-refractivity contribution in [2.45, 2.75) is 63.7 Å². The SMILES string of the molecule is Cc1ccc(C)c(-c2cccc3c2C=C2[CH]3[Hf]([CH3])([CH3])[CH]3C(=Cc4c(-c5cc(C)ccc5C)cccc43)C23CCC3)c1. The summed E-state index contributed by atoms with van der Waals surface area (Å²) in [6.07, 6.45) is 9.42. The van der Waals surface area contributed by atoms with Crippen molar-refractivity contribution in [3.63, 3.8) is 0 Å². The van der Waals surface area contributed by atoms with Crippen molar-refractivity contribution in [1.82, 2.24) is 0 Å². The summed E-state index contributed by atoms with van der Waals surface area (Å²) >= 11 is -3.02. The van der Waals surface area contributed by atoms with E-state index in [9.17, 15) is 0 Å². The number of hydrogen-bond donors (Lipinski definition) is 0. The summed E-state index contributed by atoms with van der Waals surface area (Å²) in [7, 11) is 0. The fourth-order valence-electron chi connectivity index (χ4n) is 9.20. The molecule has 8 rings (SSSR count). The summed E-state index contributed by atoms with van der Waals surface area (Å²) < 4.78 is 6.91. The van der Waals surface area contributed by atoms with E-state index in [2.05, 4.69) is 122 Å². The van der Waals surface area contributed by atoms with Crippen LogP contribution in [0, 0.1) is 33.1 Å². The van der Waals surface area contributed by atoms with E-state index in [1.54, 1.807) is 22.3 Å². The van der Waals surface area contributed by atoms with Crippen molar-refractivity contribution in [2.75, 3.05) is 0 Å². The molecule has 1 aliphatic heterocycles. The van der Waals surface area contributed by atoms with Crippen LogP contribution in [0.5, 0.6) is 0 Å².